The summed E-state index contributed by atoms with van der Waals surface area (Å²) in [4.78, 5) is 16.5. The molecule has 1 unspecified atom stereocenters. The number of pyridine rings is 1. The molecule has 1 aromatic carbocycles. The zero-order valence-corrected chi connectivity index (χ0v) is 14.1. The van der Waals surface area contributed by atoms with Crippen LogP contribution in [0.15, 0.2) is 54.9 Å². The molecule has 7 heteroatoms. The molecular formula is C16H11Cl2N3OS. The molecule has 0 spiro atoms. The van der Waals surface area contributed by atoms with Crippen LogP contribution in [-0.4, -0.2) is 15.3 Å². The first-order valence-electron chi connectivity index (χ1n) is 6.73. The van der Waals surface area contributed by atoms with Crippen molar-refractivity contribution in [3.8, 4) is 0 Å². The van der Waals surface area contributed by atoms with Crippen LogP contribution in [-0.2, 0) is 0 Å². The van der Waals surface area contributed by atoms with Crippen LogP contribution < -0.4 is 5.32 Å². The minimum atomic E-state index is -0.371. The average molecular weight is 364 g/mol. The normalized spacial score (nSPS) is 11.9. The van der Waals surface area contributed by atoms with E-state index in [1.165, 1.54) is 0 Å². The van der Waals surface area contributed by atoms with Gasteiger partial charge in [-0.2, -0.15) is 4.37 Å². The maximum absolute atomic E-state index is 12.5. The lowest BCUT2D eigenvalue weighted by Crippen LogP contribution is -2.29. The third kappa shape index (κ3) is 3.52. The molecular weight excluding hydrogens is 353 g/mol. The Morgan fingerprint density at radius 3 is 2.30 bits per heavy atom. The molecule has 2 heterocycles. The van der Waals surface area contributed by atoms with E-state index in [1.54, 1.807) is 12.4 Å². The fourth-order valence-electron chi connectivity index (χ4n) is 2.16. The summed E-state index contributed by atoms with van der Waals surface area (Å²) in [5.74, 6) is -0.371. The lowest BCUT2D eigenvalue weighted by Gasteiger charge is -2.19. The van der Waals surface area contributed by atoms with E-state index in [4.69, 9.17) is 23.2 Å². The van der Waals surface area contributed by atoms with Crippen LogP contribution in [0.25, 0.3) is 0 Å². The van der Waals surface area contributed by atoms with Crippen molar-refractivity contribution < 1.29 is 4.79 Å². The van der Waals surface area contributed by atoms with Crippen LogP contribution >= 0.6 is 34.7 Å². The monoisotopic (exact) mass is 363 g/mol. The number of carbonyl (C=O) groups excluding carboxylic acids is 1. The van der Waals surface area contributed by atoms with Crippen LogP contribution in [0, 0.1) is 0 Å². The van der Waals surface area contributed by atoms with E-state index in [2.05, 4.69) is 14.7 Å². The Kier molecular flexibility index (Phi) is 4.91. The van der Waals surface area contributed by atoms with Crippen molar-refractivity contribution >= 4 is 40.6 Å². The number of hydrogen-bond donors (Lipinski definition) is 1. The molecule has 1 amide bonds. The van der Waals surface area contributed by atoms with Crippen molar-refractivity contribution in [1.29, 1.82) is 0 Å². The Labute approximate surface area is 147 Å². The molecule has 0 saturated heterocycles. The molecule has 0 aliphatic carbocycles. The molecule has 0 aliphatic heterocycles. The standard InChI is InChI=1S/C16H11Cl2N3OS/c17-12-14(21-23-15(12)18)16(22)20-13(10-4-2-1-3-5-10)11-6-8-19-9-7-11/h1-9,13H,(H,20,22). The van der Waals surface area contributed by atoms with E-state index >= 15 is 0 Å². The van der Waals surface area contributed by atoms with Gasteiger partial charge in [-0.25, -0.2) is 0 Å². The summed E-state index contributed by atoms with van der Waals surface area (Å²) in [6.07, 6.45) is 3.37. The van der Waals surface area contributed by atoms with Gasteiger partial charge in [0.1, 0.15) is 9.36 Å². The molecule has 1 N–H and O–H groups in total. The smallest absolute Gasteiger partial charge is 0.273 e. The number of rotatable bonds is 4. The summed E-state index contributed by atoms with van der Waals surface area (Å²) >= 11 is 12.9. The first-order chi connectivity index (χ1) is 11.2. The second kappa shape index (κ2) is 7.08. The second-order valence-electron chi connectivity index (χ2n) is 4.72. The van der Waals surface area contributed by atoms with Gasteiger partial charge < -0.3 is 5.32 Å². The highest BCUT2D eigenvalue weighted by Crippen LogP contribution is 2.30. The number of halogens is 2. The molecule has 23 heavy (non-hydrogen) atoms. The molecule has 3 aromatic rings. The van der Waals surface area contributed by atoms with Gasteiger partial charge in [0, 0.05) is 12.4 Å². The summed E-state index contributed by atoms with van der Waals surface area (Å²) in [7, 11) is 0. The number of amides is 1. The van der Waals surface area contributed by atoms with Gasteiger partial charge >= 0.3 is 0 Å². The van der Waals surface area contributed by atoms with Gasteiger partial charge in [0.05, 0.1) is 6.04 Å². The Balaban J connectivity index is 1.94. The van der Waals surface area contributed by atoms with Gasteiger partial charge in [0.15, 0.2) is 5.69 Å². The van der Waals surface area contributed by atoms with E-state index in [0.717, 1.165) is 22.7 Å². The van der Waals surface area contributed by atoms with E-state index in [-0.39, 0.29) is 22.7 Å². The predicted molar refractivity (Wildman–Crippen MR) is 92.1 cm³/mol. The van der Waals surface area contributed by atoms with Gasteiger partial charge in [0.25, 0.3) is 5.91 Å². The molecule has 0 saturated carbocycles. The van der Waals surface area contributed by atoms with Crippen molar-refractivity contribution in [3.05, 3.63) is 81.0 Å². The number of carbonyl (C=O) groups is 1. The van der Waals surface area contributed by atoms with Crippen LogP contribution in [0.4, 0.5) is 0 Å². The topological polar surface area (TPSA) is 54.9 Å². The Morgan fingerprint density at radius 1 is 1.04 bits per heavy atom. The van der Waals surface area contributed by atoms with Crippen LogP contribution in [0.3, 0.4) is 0 Å². The summed E-state index contributed by atoms with van der Waals surface area (Å²) in [5.41, 5.74) is 2.00. The highest BCUT2D eigenvalue weighted by atomic mass is 35.5. The highest BCUT2D eigenvalue weighted by Gasteiger charge is 2.22. The highest BCUT2D eigenvalue weighted by molar-refractivity contribution is 7.11. The summed E-state index contributed by atoms with van der Waals surface area (Å²) in [6, 6.07) is 13.0. The maximum Gasteiger partial charge on any atom is 0.273 e. The number of nitrogens with zero attached hydrogens (tertiary/aromatic N) is 2. The van der Waals surface area contributed by atoms with E-state index < -0.39 is 0 Å². The van der Waals surface area contributed by atoms with Crippen molar-refractivity contribution in [2.75, 3.05) is 0 Å². The molecule has 4 nitrogen and oxygen atoms in total. The predicted octanol–water partition coefficient (Wildman–Crippen LogP) is 4.36. The van der Waals surface area contributed by atoms with Crippen molar-refractivity contribution in [2.45, 2.75) is 6.04 Å². The van der Waals surface area contributed by atoms with Gasteiger partial charge in [-0.15, -0.1) is 0 Å². The van der Waals surface area contributed by atoms with Crippen molar-refractivity contribution in [3.63, 3.8) is 0 Å². The summed E-state index contributed by atoms with van der Waals surface area (Å²) in [6.45, 7) is 0. The SMILES string of the molecule is O=C(NC(c1ccccc1)c1ccncc1)c1nsc(Cl)c1Cl. The van der Waals surface area contributed by atoms with Gasteiger partial charge in [-0.1, -0.05) is 53.5 Å². The lowest BCUT2D eigenvalue weighted by molar-refractivity contribution is 0.0939. The molecule has 1 atom stereocenters. The van der Waals surface area contributed by atoms with Crippen LogP contribution in [0.1, 0.15) is 27.7 Å². The molecule has 3 rings (SSSR count). The molecule has 0 radical (unpaired) electrons. The maximum atomic E-state index is 12.5. The molecule has 0 aliphatic rings. The van der Waals surface area contributed by atoms with Gasteiger partial charge in [0.2, 0.25) is 0 Å². The van der Waals surface area contributed by atoms with Gasteiger partial charge in [-0.3, -0.25) is 9.78 Å². The largest absolute Gasteiger partial charge is 0.340 e. The Hall–Kier alpha value is -1.95. The molecule has 116 valence electrons. The fourth-order valence-corrected chi connectivity index (χ4v) is 3.16. The first-order valence-corrected chi connectivity index (χ1v) is 8.26. The van der Waals surface area contributed by atoms with Gasteiger partial charge in [-0.05, 0) is 34.8 Å². The van der Waals surface area contributed by atoms with E-state index in [1.807, 2.05) is 42.5 Å². The number of aromatic nitrogens is 2. The quantitative estimate of drug-likeness (QED) is 0.748. The molecule has 0 bridgehead atoms. The average Bonchev–Trinajstić information content (AvgIpc) is 2.93. The zero-order valence-electron chi connectivity index (χ0n) is 11.7. The fraction of sp³-hybridized carbons (Fsp3) is 0.0625. The second-order valence-corrected chi connectivity index (χ2v) is 6.47. The zero-order chi connectivity index (χ0) is 16.2. The third-order valence-electron chi connectivity index (χ3n) is 3.26. The van der Waals surface area contributed by atoms with Crippen LogP contribution in [0.2, 0.25) is 9.36 Å². The molecule has 0 fully saturated rings. The molecule has 2 aromatic heterocycles. The van der Waals surface area contributed by atoms with Crippen molar-refractivity contribution in [1.82, 2.24) is 14.7 Å². The number of hydrogen-bond acceptors (Lipinski definition) is 4. The number of benzene rings is 1. The first kappa shape index (κ1) is 15.9. The van der Waals surface area contributed by atoms with Crippen LogP contribution in [0.5, 0.6) is 0 Å². The lowest BCUT2D eigenvalue weighted by atomic mass is 9.99. The third-order valence-corrected chi connectivity index (χ3v) is 4.87. The van der Waals surface area contributed by atoms with Crippen molar-refractivity contribution in [2.24, 2.45) is 0 Å². The Morgan fingerprint density at radius 2 is 1.70 bits per heavy atom. The minimum Gasteiger partial charge on any atom is -0.340 e. The van der Waals surface area contributed by atoms with E-state index in [9.17, 15) is 4.79 Å². The number of nitrogens with one attached hydrogen (secondary N) is 1. The van der Waals surface area contributed by atoms with E-state index in [0.29, 0.717) is 4.34 Å². The minimum absolute atomic E-state index is 0.136. The summed E-state index contributed by atoms with van der Waals surface area (Å²) < 4.78 is 4.31. The summed E-state index contributed by atoms with van der Waals surface area (Å²) in [5, 5.41) is 3.13. The Bertz CT molecular complexity index is 769.